The second kappa shape index (κ2) is 26.5. The Morgan fingerprint density at radius 2 is 1.31 bits per heavy atom. The van der Waals surface area contributed by atoms with Crippen LogP contribution in [0.5, 0.6) is 46.0 Å². The average molecular weight is 1200 g/mol. The molecule has 27 heteroatoms. The van der Waals surface area contributed by atoms with E-state index < -0.39 is 108 Å². The fourth-order valence-corrected chi connectivity index (χ4v) is 10.4. The van der Waals surface area contributed by atoms with Crippen LogP contribution in [0.15, 0.2) is 78.9 Å². The smallest absolute Gasteiger partial charge is 0.333 e. The molecule has 9 atom stereocenters. The summed E-state index contributed by atoms with van der Waals surface area (Å²) in [6.07, 6.45) is -4.62. The molecular weight excluding hydrogens is 1140 g/mol. The Morgan fingerprint density at radius 1 is 0.686 bits per heavy atom. The Hall–Kier alpha value is -9.68. The molecule has 0 fully saturated rings. The summed E-state index contributed by atoms with van der Waals surface area (Å²) in [7, 11) is 7.83. The third-order valence-corrected chi connectivity index (χ3v) is 14.8. The molecule has 5 aliphatic rings. The quantitative estimate of drug-likeness (QED) is 0.0803. The van der Waals surface area contributed by atoms with Crippen LogP contribution in [0.1, 0.15) is 90.4 Å². The molecule has 0 unspecified atom stereocenters. The highest BCUT2D eigenvalue weighted by molar-refractivity contribution is 6.32. The summed E-state index contributed by atoms with van der Waals surface area (Å²) in [6.45, 7) is 3.71. The molecular formula is C59H62ClN9O17. The standard InChI is InChI=1S/C59H62ClN9O17/c1-25(2)15-35(63-3)53(73)68-48-50(71)27-10-12-37(30(16-27)24-61)85-41-19-29-20-42(52(41)83-7)86-39-14-11-28(18-34(39)60)51(72)49-58(78)67-47(59(79)84-8)33-21-31(80-4)22-40(82-6)44(33)32-17-26(9-13-38(32)81-5)45(55(75)69-49)66-56(76)46(29)65-54(74)36(23-43(62)70)64-57(48)77/h9-14,16-22,25,35-36,45-51,63,71-72H,15,23H2,1-8H3,(H2,62,70)(H,64,77)(H,65,74)(H,66,76)(H,67,78)(H,68,73)(H,69,75)/t35-,36+,45-,46-,47+,48-,49+,50-,51-/m1/s1. The molecule has 7 amide bonds. The number of nitrogens with zero attached hydrogens (tertiary/aromatic N) is 1. The maximum absolute atomic E-state index is 15.7. The Morgan fingerprint density at radius 3 is 1.92 bits per heavy atom. The van der Waals surface area contributed by atoms with E-state index in [-0.39, 0.29) is 108 Å². The molecule has 452 valence electrons. The molecule has 0 spiro atoms. The number of rotatable bonds is 12. The topological polar surface area (TPSA) is 376 Å². The van der Waals surface area contributed by atoms with Crippen LogP contribution in [0.3, 0.4) is 0 Å². The van der Waals surface area contributed by atoms with Gasteiger partial charge in [-0.15, -0.1) is 0 Å². The van der Waals surface area contributed by atoms with Gasteiger partial charge in [-0.25, -0.2) is 4.79 Å². The molecule has 0 aliphatic carbocycles. The lowest BCUT2D eigenvalue weighted by atomic mass is 9.89. The number of aliphatic hydroxyl groups is 2. The van der Waals surface area contributed by atoms with Crippen molar-refractivity contribution in [2.45, 2.75) is 81.2 Å². The normalized spacial score (nSPS) is 21.4. The van der Waals surface area contributed by atoms with Crippen molar-refractivity contribution in [1.82, 2.24) is 37.2 Å². The van der Waals surface area contributed by atoms with Crippen molar-refractivity contribution >= 4 is 58.9 Å². The molecule has 5 heterocycles. The van der Waals surface area contributed by atoms with Crippen LogP contribution in [0.25, 0.3) is 11.1 Å². The van der Waals surface area contributed by atoms with Crippen LogP contribution >= 0.6 is 11.6 Å². The van der Waals surface area contributed by atoms with Gasteiger partial charge in [0.25, 0.3) is 0 Å². The van der Waals surface area contributed by atoms with Crippen molar-refractivity contribution in [2.75, 3.05) is 42.6 Å². The number of nitrogens with two attached hydrogens (primary N) is 1. The highest BCUT2D eigenvalue weighted by Gasteiger charge is 2.42. The van der Waals surface area contributed by atoms with Gasteiger partial charge in [0.2, 0.25) is 47.1 Å². The summed E-state index contributed by atoms with van der Waals surface area (Å²) in [5.41, 5.74) is 5.26. The zero-order valence-corrected chi connectivity index (χ0v) is 48.4. The highest BCUT2D eigenvalue weighted by atomic mass is 35.5. The molecule has 0 radical (unpaired) electrons. The minimum absolute atomic E-state index is 0.0123. The second-order valence-electron chi connectivity index (χ2n) is 20.5. The SMILES string of the molecule is CN[C@H](CC(C)C)C(=O)N[C@H]1C(=O)N[C@@H](CC(N)=O)C(=O)N[C@H]2C(=O)N[C@H]3C(=O)N[C@H](C(=O)N[C@H](C(=O)OC)c4cc(OC)cc(OC)c4-c4cc3ccc4OC)[C@H](O)c3ccc(c(Cl)c3)Oc3cc2cc(c3OC)Oc2ccc(cc2C#N)[C@H]1O. The summed E-state index contributed by atoms with van der Waals surface area (Å²) in [4.78, 5) is 117. The van der Waals surface area contributed by atoms with E-state index in [1.54, 1.807) is 0 Å². The van der Waals surface area contributed by atoms with Crippen LogP contribution in [-0.2, 0) is 43.1 Å². The van der Waals surface area contributed by atoms with Crippen LogP contribution in [0.4, 0.5) is 0 Å². The number of amides is 7. The van der Waals surface area contributed by atoms with Gasteiger partial charge in [0, 0.05) is 22.8 Å². The number of benzene rings is 5. The van der Waals surface area contributed by atoms with Crippen molar-refractivity contribution in [3.8, 4) is 63.2 Å². The second-order valence-corrected chi connectivity index (χ2v) is 20.9. The Bertz CT molecular complexity index is 3580. The molecule has 5 aromatic carbocycles. The first kappa shape index (κ1) is 62.4. The van der Waals surface area contributed by atoms with Crippen LogP contribution in [-0.4, -0.2) is 124 Å². The number of fused-ring (bicyclic) bond motifs is 15. The molecule has 86 heavy (non-hydrogen) atoms. The van der Waals surface area contributed by atoms with Gasteiger partial charge < -0.3 is 86.3 Å². The zero-order valence-electron chi connectivity index (χ0n) is 47.6. The number of primary amides is 1. The monoisotopic (exact) mass is 1200 g/mol. The number of esters is 1. The van der Waals surface area contributed by atoms with Crippen molar-refractivity contribution in [2.24, 2.45) is 11.7 Å². The molecule has 5 aliphatic heterocycles. The van der Waals surface area contributed by atoms with Gasteiger partial charge in [-0.3, -0.25) is 33.6 Å². The van der Waals surface area contributed by atoms with E-state index in [2.05, 4.69) is 37.2 Å². The Kier molecular flexibility index (Phi) is 19.2. The molecule has 11 N–H and O–H groups in total. The number of hydrogen-bond acceptors (Lipinski definition) is 19. The molecule has 26 nitrogen and oxygen atoms in total. The van der Waals surface area contributed by atoms with E-state index in [1.165, 1.54) is 114 Å². The number of aliphatic hydroxyl groups excluding tert-OH is 2. The largest absolute Gasteiger partial charge is 0.497 e. The first-order chi connectivity index (χ1) is 41.1. The maximum Gasteiger partial charge on any atom is 0.333 e. The van der Waals surface area contributed by atoms with Gasteiger partial charge in [-0.2, -0.15) is 5.26 Å². The lowest BCUT2D eigenvalue weighted by molar-refractivity contribution is -0.146. The van der Waals surface area contributed by atoms with Gasteiger partial charge in [-0.1, -0.05) is 43.6 Å². The molecule has 0 saturated carbocycles. The number of nitrogens with one attached hydrogen (secondary N) is 7. The molecule has 0 saturated heterocycles. The fourth-order valence-electron chi connectivity index (χ4n) is 10.2. The lowest BCUT2D eigenvalue weighted by Crippen LogP contribution is -2.59. The maximum atomic E-state index is 15.7. The minimum Gasteiger partial charge on any atom is -0.497 e. The van der Waals surface area contributed by atoms with Crippen LogP contribution in [0.2, 0.25) is 5.02 Å². The van der Waals surface area contributed by atoms with Gasteiger partial charge in [0.05, 0.1) is 58.6 Å². The van der Waals surface area contributed by atoms with E-state index in [1.807, 2.05) is 19.9 Å². The Labute approximate surface area is 497 Å². The van der Waals surface area contributed by atoms with E-state index in [9.17, 15) is 39.4 Å². The van der Waals surface area contributed by atoms with E-state index >= 15 is 14.4 Å². The molecule has 11 bridgehead atoms. The summed E-state index contributed by atoms with van der Waals surface area (Å²) >= 11 is 6.93. The number of methoxy groups -OCH3 is 5. The fraction of sp³-hybridized carbons (Fsp3) is 0.339. The summed E-state index contributed by atoms with van der Waals surface area (Å²) in [5, 5.41) is 52.9. The number of halogens is 1. The highest BCUT2D eigenvalue weighted by Crippen LogP contribution is 2.48. The number of carbonyl (C=O) groups excluding carboxylic acids is 8. The summed E-state index contributed by atoms with van der Waals surface area (Å²) in [6, 6.07) is 6.63. The summed E-state index contributed by atoms with van der Waals surface area (Å²) in [5.74, 6) is -9.78. The van der Waals surface area contributed by atoms with Gasteiger partial charge in [0.1, 0.15) is 77.2 Å². The number of likely N-dealkylation sites (N-methyl/N-ethyl adjacent to an activating group) is 1. The number of hydrogen-bond donors (Lipinski definition) is 10. The zero-order chi connectivity index (χ0) is 62.4. The first-order valence-electron chi connectivity index (χ1n) is 26.6. The third kappa shape index (κ3) is 13.0. The van der Waals surface area contributed by atoms with Crippen molar-refractivity contribution < 1.29 is 81.7 Å². The van der Waals surface area contributed by atoms with Crippen molar-refractivity contribution in [3.05, 3.63) is 117 Å². The Balaban J connectivity index is 1.40. The third-order valence-electron chi connectivity index (χ3n) is 14.5. The van der Waals surface area contributed by atoms with E-state index in [0.29, 0.717) is 0 Å². The number of ether oxygens (including phenoxy) is 7. The van der Waals surface area contributed by atoms with E-state index in [0.717, 1.165) is 7.11 Å². The van der Waals surface area contributed by atoms with Gasteiger partial charge >= 0.3 is 5.97 Å². The van der Waals surface area contributed by atoms with Gasteiger partial charge in [-0.05, 0) is 96.2 Å². The molecule has 10 rings (SSSR count). The average Bonchev–Trinajstić information content (AvgIpc) is 1.04. The number of carbonyl (C=O) groups is 8. The first-order valence-corrected chi connectivity index (χ1v) is 27.0. The molecule has 5 aromatic rings. The van der Waals surface area contributed by atoms with Crippen LogP contribution < -0.4 is 71.4 Å². The van der Waals surface area contributed by atoms with Crippen molar-refractivity contribution in [3.63, 3.8) is 0 Å². The van der Waals surface area contributed by atoms with Crippen LogP contribution in [0, 0.1) is 17.2 Å². The summed E-state index contributed by atoms with van der Waals surface area (Å²) < 4.78 is 41.2. The van der Waals surface area contributed by atoms with Gasteiger partial charge in [0.15, 0.2) is 17.5 Å². The predicted molar refractivity (Wildman–Crippen MR) is 304 cm³/mol. The van der Waals surface area contributed by atoms with Crippen molar-refractivity contribution in [1.29, 1.82) is 5.26 Å². The lowest BCUT2D eigenvalue weighted by Gasteiger charge is -2.32. The molecule has 0 aromatic heterocycles. The minimum atomic E-state index is -2.07. The number of nitriles is 1. The van der Waals surface area contributed by atoms with E-state index in [4.69, 9.17) is 50.5 Å². The predicted octanol–water partition coefficient (Wildman–Crippen LogP) is 2.91.